The molecule has 0 atom stereocenters. The second kappa shape index (κ2) is 3.65. The molecule has 0 amide bonds. The molecule has 0 saturated heterocycles. The average molecular weight is 235 g/mol. The van der Waals surface area contributed by atoms with Crippen molar-refractivity contribution in [3.63, 3.8) is 0 Å². The van der Waals surface area contributed by atoms with Gasteiger partial charge in [-0.15, -0.1) is 0 Å². The lowest BCUT2D eigenvalue weighted by atomic mass is 10.2. The van der Waals surface area contributed by atoms with Crippen LogP contribution in [0.25, 0.3) is 10.9 Å². The third-order valence-corrected chi connectivity index (χ3v) is 2.53. The first-order chi connectivity index (χ1) is 8.24. The van der Waals surface area contributed by atoms with Gasteiger partial charge in [0.2, 0.25) is 0 Å². The SMILES string of the molecule is O=c1[nH]c2cc3c(cc2c(=O)o1)OCCCO3. The monoisotopic (exact) mass is 235 g/mol. The average Bonchev–Trinajstić information content (AvgIpc) is 2.51. The van der Waals surface area contributed by atoms with Gasteiger partial charge in [-0.05, 0) is 0 Å². The van der Waals surface area contributed by atoms with Crippen molar-refractivity contribution in [2.75, 3.05) is 13.2 Å². The van der Waals surface area contributed by atoms with Crippen LogP contribution in [0.5, 0.6) is 11.5 Å². The third kappa shape index (κ3) is 1.67. The van der Waals surface area contributed by atoms with Crippen molar-refractivity contribution in [1.82, 2.24) is 4.98 Å². The molecule has 0 fully saturated rings. The molecule has 88 valence electrons. The lowest BCUT2D eigenvalue weighted by molar-refractivity contribution is 0.297. The molecule has 1 aliphatic rings. The van der Waals surface area contributed by atoms with Crippen LogP contribution in [0.4, 0.5) is 0 Å². The Bertz CT molecular complexity index is 684. The van der Waals surface area contributed by atoms with E-state index in [4.69, 9.17) is 9.47 Å². The second-order valence-electron chi connectivity index (χ2n) is 3.70. The summed E-state index contributed by atoms with van der Waals surface area (Å²) < 4.78 is 15.4. The molecule has 1 aliphatic heterocycles. The van der Waals surface area contributed by atoms with Gasteiger partial charge in [0.25, 0.3) is 0 Å². The Morgan fingerprint density at radius 1 is 1.06 bits per heavy atom. The molecule has 6 nitrogen and oxygen atoms in total. The number of hydrogen-bond donors (Lipinski definition) is 1. The van der Waals surface area contributed by atoms with Crippen LogP contribution in [0.1, 0.15) is 6.42 Å². The molecule has 17 heavy (non-hydrogen) atoms. The van der Waals surface area contributed by atoms with Crippen LogP contribution in [-0.4, -0.2) is 18.2 Å². The van der Waals surface area contributed by atoms with Gasteiger partial charge in [0, 0.05) is 18.6 Å². The molecule has 0 radical (unpaired) electrons. The molecular formula is C11H9NO5. The molecule has 2 aromatic rings. The zero-order valence-corrected chi connectivity index (χ0v) is 8.82. The van der Waals surface area contributed by atoms with E-state index in [1.165, 1.54) is 6.07 Å². The summed E-state index contributed by atoms with van der Waals surface area (Å²) >= 11 is 0. The predicted molar refractivity (Wildman–Crippen MR) is 58.7 cm³/mol. The maximum atomic E-state index is 11.5. The van der Waals surface area contributed by atoms with E-state index < -0.39 is 11.4 Å². The van der Waals surface area contributed by atoms with Crippen LogP contribution < -0.4 is 20.9 Å². The fraction of sp³-hybridized carbons (Fsp3) is 0.273. The van der Waals surface area contributed by atoms with Gasteiger partial charge in [0.15, 0.2) is 11.5 Å². The molecule has 1 N–H and O–H groups in total. The van der Waals surface area contributed by atoms with Gasteiger partial charge in [0.05, 0.1) is 24.1 Å². The van der Waals surface area contributed by atoms with Gasteiger partial charge >= 0.3 is 11.4 Å². The van der Waals surface area contributed by atoms with Gasteiger partial charge in [0.1, 0.15) is 0 Å². The van der Waals surface area contributed by atoms with E-state index in [0.717, 1.165) is 6.42 Å². The van der Waals surface area contributed by atoms with E-state index in [-0.39, 0.29) is 5.39 Å². The van der Waals surface area contributed by atoms with Crippen LogP contribution in [0.3, 0.4) is 0 Å². The Balaban J connectivity index is 2.33. The van der Waals surface area contributed by atoms with Crippen molar-refractivity contribution in [2.24, 2.45) is 0 Å². The van der Waals surface area contributed by atoms with Crippen molar-refractivity contribution in [3.8, 4) is 11.5 Å². The highest BCUT2D eigenvalue weighted by atomic mass is 16.5. The Morgan fingerprint density at radius 2 is 1.76 bits per heavy atom. The molecule has 1 aromatic carbocycles. The predicted octanol–water partition coefficient (Wildman–Crippen LogP) is 0.643. The second-order valence-corrected chi connectivity index (χ2v) is 3.70. The molecule has 6 heteroatoms. The van der Waals surface area contributed by atoms with Crippen molar-refractivity contribution >= 4 is 10.9 Å². The number of ether oxygens (including phenoxy) is 2. The number of benzene rings is 1. The van der Waals surface area contributed by atoms with Crippen LogP contribution in [0, 0.1) is 0 Å². The quantitative estimate of drug-likeness (QED) is 0.724. The van der Waals surface area contributed by atoms with Gasteiger partial charge < -0.3 is 13.9 Å². The summed E-state index contributed by atoms with van der Waals surface area (Å²) in [4.78, 5) is 25.0. The van der Waals surface area contributed by atoms with Gasteiger partial charge in [-0.2, -0.15) is 0 Å². The van der Waals surface area contributed by atoms with E-state index in [2.05, 4.69) is 9.40 Å². The Kier molecular flexibility index (Phi) is 2.14. The molecule has 0 saturated carbocycles. The number of rotatable bonds is 0. The van der Waals surface area contributed by atoms with Crippen LogP contribution >= 0.6 is 0 Å². The zero-order chi connectivity index (χ0) is 11.8. The number of nitrogens with one attached hydrogen (secondary N) is 1. The largest absolute Gasteiger partial charge is 0.490 e. The van der Waals surface area contributed by atoms with E-state index in [1.54, 1.807) is 6.07 Å². The Hall–Kier alpha value is -2.24. The fourth-order valence-electron chi connectivity index (χ4n) is 1.76. The summed E-state index contributed by atoms with van der Waals surface area (Å²) in [5, 5.41) is 0.272. The Labute approximate surface area is 94.8 Å². The number of aromatic amines is 1. The van der Waals surface area contributed by atoms with Crippen LogP contribution in [0.2, 0.25) is 0 Å². The van der Waals surface area contributed by atoms with Crippen LogP contribution in [0.15, 0.2) is 26.1 Å². The van der Waals surface area contributed by atoms with E-state index in [1.807, 2.05) is 0 Å². The summed E-state index contributed by atoms with van der Waals surface area (Å²) in [6.45, 7) is 1.08. The zero-order valence-electron chi connectivity index (χ0n) is 8.82. The topological polar surface area (TPSA) is 81.5 Å². The maximum absolute atomic E-state index is 11.5. The highest BCUT2D eigenvalue weighted by Gasteiger charge is 2.14. The first-order valence-electron chi connectivity index (χ1n) is 5.21. The maximum Gasteiger partial charge on any atom is 0.419 e. The van der Waals surface area contributed by atoms with E-state index in [9.17, 15) is 9.59 Å². The number of aromatic nitrogens is 1. The van der Waals surface area contributed by atoms with Gasteiger partial charge in [-0.3, -0.25) is 4.98 Å². The minimum absolute atomic E-state index is 0.272. The summed E-state index contributed by atoms with van der Waals surface area (Å²) in [7, 11) is 0. The normalized spacial score (nSPS) is 14.6. The third-order valence-electron chi connectivity index (χ3n) is 2.53. The van der Waals surface area contributed by atoms with Crippen molar-refractivity contribution in [1.29, 1.82) is 0 Å². The fourth-order valence-corrected chi connectivity index (χ4v) is 1.76. The smallest absolute Gasteiger partial charge is 0.419 e. The van der Waals surface area contributed by atoms with Crippen molar-refractivity contribution in [2.45, 2.75) is 6.42 Å². The van der Waals surface area contributed by atoms with Gasteiger partial charge in [-0.25, -0.2) is 9.59 Å². The van der Waals surface area contributed by atoms with Crippen LogP contribution in [-0.2, 0) is 0 Å². The number of H-pyrrole nitrogens is 1. The molecule has 0 unspecified atom stereocenters. The molecular weight excluding hydrogens is 226 g/mol. The minimum Gasteiger partial charge on any atom is -0.490 e. The summed E-state index contributed by atoms with van der Waals surface area (Å²) in [6, 6.07) is 3.10. The standard InChI is InChI=1S/C11H9NO5/c13-10-6-4-8-9(16-3-1-2-15-8)5-7(6)12-11(14)17-10/h4-5H,1-3H2,(H,12,14). The molecule has 2 heterocycles. The first kappa shape index (κ1) is 9.95. The highest BCUT2D eigenvalue weighted by molar-refractivity contribution is 5.81. The first-order valence-corrected chi connectivity index (χ1v) is 5.21. The number of hydrogen-bond acceptors (Lipinski definition) is 5. The minimum atomic E-state index is -0.781. The van der Waals surface area contributed by atoms with Crippen molar-refractivity contribution in [3.05, 3.63) is 33.1 Å². The molecule has 1 aromatic heterocycles. The summed E-state index contributed by atoms with van der Waals surface area (Å²) in [5.74, 6) is 0.239. The summed E-state index contributed by atoms with van der Waals surface area (Å²) in [6.07, 6.45) is 0.774. The lowest BCUT2D eigenvalue weighted by Gasteiger charge is -2.07. The highest BCUT2D eigenvalue weighted by Crippen LogP contribution is 2.31. The van der Waals surface area contributed by atoms with Gasteiger partial charge in [-0.1, -0.05) is 0 Å². The molecule has 0 spiro atoms. The molecule has 0 aliphatic carbocycles. The van der Waals surface area contributed by atoms with E-state index in [0.29, 0.717) is 30.2 Å². The molecule has 3 rings (SSSR count). The number of fused-ring (bicyclic) bond motifs is 2. The summed E-state index contributed by atoms with van der Waals surface area (Å²) in [5.41, 5.74) is -0.296. The molecule has 0 bridgehead atoms. The van der Waals surface area contributed by atoms with Crippen molar-refractivity contribution < 1.29 is 13.9 Å². The Morgan fingerprint density at radius 3 is 2.53 bits per heavy atom. The van der Waals surface area contributed by atoms with E-state index >= 15 is 0 Å². The lowest BCUT2D eigenvalue weighted by Crippen LogP contribution is -2.14.